The SMILES string of the molecule is NC(=O)c1ccc(F)nc1Oc1cccc(I)c1. The minimum atomic E-state index is -0.736. The summed E-state index contributed by atoms with van der Waals surface area (Å²) in [6.07, 6.45) is 0. The second-order valence-corrected chi connectivity index (χ2v) is 4.66. The van der Waals surface area contributed by atoms with E-state index in [1.807, 2.05) is 6.07 Å². The molecule has 0 aliphatic rings. The van der Waals surface area contributed by atoms with Gasteiger partial charge in [0.2, 0.25) is 11.8 Å². The minimum absolute atomic E-state index is 0.0373. The van der Waals surface area contributed by atoms with Gasteiger partial charge < -0.3 is 10.5 Å². The van der Waals surface area contributed by atoms with Crippen LogP contribution in [0.15, 0.2) is 36.4 Å². The standard InChI is InChI=1S/C12H8FIN2O2/c13-10-5-4-9(11(15)17)12(16-10)18-8-3-1-2-7(14)6-8/h1-6H,(H2,15,17). The molecule has 2 aromatic rings. The first kappa shape index (κ1) is 12.7. The maximum atomic E-state index is 13.0. The Morgan fingerprint density at radius 2 is 2.11 bits per heavy atom. The fraction of sp³-hybridized carbons (Fsp3) is 0. The Bertz CT molecular complexity index is 604. The van der Waals surface area contributed by atoms with Crippen molar-refractivity contribution < 1.29 is 13.9 Å². The molecule has 0 saturated carbocycles. The quantitative estimate of drug-likeness (QED) is 0.678. The average molecular weight is 358 g/mol. The van der Waals surface area contributed by atoms with Gasteiger partial charge in [0.05, 0.1) is 0 Å². The molecule has 0 atom stereocenters. The maximum absolute atomic E-state index is 13.0. The van der Waals surface area contributed by atoms with Crippen molar-refractivity contribution in [3.05, 3.63) is 51.5 Å². The van der Waals surface area contributed by atoms with Gasteiger partial charge in [0.1, 0.15) is 11.3 Å². The van der Waals surface area contributed by atoms with E-state index in [4.69, 9.17) is 10.5 Å². The molecule has 6 heteroatoms. The van der Waals surface area contributed by atoms with Gasteiger partial charge in [-0.1, -0.05) is 6.07 Å². The number of ether oxygens (including phenoxy) is 1. The van der Waals surface area contributed by atoms with Crippen molar-refractivity contribution in [3.63, 3.8) is 0 Å². The average Bonchev–Trinajstić information content (AvgIpc) is 2.28. The highest BCUT2D eigenvalue weighted by Crippen LogP contribution is 2.24. The van der Waals surface area contributed by atoms with Crippen molar-refractivity contribution in [2.45, 2.75) is 0 Å². The predicted molar refractivity (Wildman–Crippen MR) is 71.9 cm³/mol. The highest BCUT2D eigenvalue weighted by Gasteiger charge is 2.13. The van der Waals surface area contributed by atoms with Gasteiger partial charge in [0, 0.05) is 3.57 Å². The summed E-state index contributed by atoms with van der Waals surface area (Å²) in [5, 5.41) is 0. The van der Waals surface area contributed by atoms with Crippen LogP contribution in [-0.2, 0) is 0 Å². The van der Waals surface area contributed by atoms with Crippen molar-refractivity contribution in [1.82, 2.24) is 4.98 Å². The zero-order valence-corrected chi connectivity index (χ0v) is 11.2. The maximum Gasteiger partial charge on any atom is 0.254 e. The van der Waals surface area contributed by atoms with Gasteiger partial charge in [-0.25, -0.2) is 0 Å². The molecule has 4 nitrogen and oxygen atoms in total. The van der Waals surface area contributed by atoms with Crippen molar-refractivity contribution in [2.24, 2.45) is 5.73 Å². The minimum Gasteiger partial charge on any atom is -0.438 e. The fourth-order valence-corrected chi connectivity index (χ4v) is 1.84. The van der Waals surface area contributed by atoms with Crippen LogP contribution in [0.25, 0.3) is 0 Å². The lowest BCUT2D eigenvalue weighted by Gasteiger charge is -2.08. The number of primary amides is 1. The summed E-state index contributed by atoms with van der Waals surface area (Å²) in [4.78, 5) is 14.7. The van der Waals surface area contributed by atoms with Gasteiger partial charge in [0.15, 0.2) is 0 Å². The first-order chi connectivity index (χ1) is 8.56. The smallest absolute Gasteiger partial charge is 0.254 e. The van der Waals surface area contributed by atoms with Crippen molar-refractivity contribution in [1.29, 1.82) is 0 Å². The number of aromatic nitrogens is 1. The van der Waals surface area contributed by atoms with E-state index in [1.165, 1.54) is 6.07 Å². The van der Waals surface area contributed by atoms with E-state index in [0.29, 0.717) is 5.75 Å². The van der Waals surface area contributed by atoms with Crippen LogP contribution in [0.4, 0.5) is 4.39 Å². The summed E-state index contributed by atoms with van der Waals surface area (Å²) >= 11 is 2.11. The molecule has 0 aliphatic carbocycles. The summed E-state index contributed by atoms with van der Waals surface area (Å²) in [5.74, 6) is -1.13. The van der Waals surface area contributed by atoms with Gasteiger partial charge in [0.25, 0.3) is 5.91 Å². The molecular weight excluding hydrogens is 350 g/mol. The normalized spacial score (nSPS) is 10.1. The van der Waals surface area contributed by atoms with Gasteiger partial charge in [-0.3, -0.25) is 4.79 Å². The molecule has 0 saturated heterocycles. The topological polar surface area (TPSA) is 65.2 Å². The van der Waals surface area contributed by atoms with Crippen LogP contribution in [0.1, 0.15) is 10.4 Å². The Kier molecular flexibility index (Phi) is 3.75. The molecule has 2 N–H and O–H groups in total. The Hall–Kier alpha value is -1.70. The summed E-state index contributed by atoms with van der Waals surface area (Å²) in [6, 6.07) is 9.37. The van der Waals surface area contributed by atoms with E-state index < -0.39 is 11.9 Å². The van der Waals surface area contributed by atoms with Crippen LogP contribution in [0.2, 0.25) is 0 Å². The monoisotopic (exact) mass is 358 g/mol. The molecule has 0 bridgehead atoms. The Balaban J connectivity index is 2.39. The summed E-state index contributed by atoms with van der Waals surface area (Å²) in [5.41, 5.74) is 5.20. The highest BCUT2D eigenvalue weighted by atomic mass is 127. The molecule has 0 radical (unpaired) electrons. The molecule has 0 unspecified atom stereocenters. The zero-order valence-electron chi connectivity index (χ0n) is 9.06. The van der Waals surface area contributed by atoms with Crippen LogP contribution in [0, 0.1) is 9.52 Å². The molecule has 0 spiro atoms. The molecule has 2 rings (SSSR count). The molecule has 1 aromatic heterocycles. The number of hydrogen-bond donors (Lipinski definition) is 1. The number of amides is 1. The molecule has 0 aliphatic heterocycles. The van der Waals surface area contributed by atoms with Gasteiger partial charge in [-0.05, 0) is 52.9 Å². The second-order valence-electron chi connectivity index (χ2n) is 3.41. The molecule has 0 fully saturated rings. The zero-order chi connectivity index (χ0) is 13.1. The number of carbonyl (C=O) groups is 1. The van der Waals surface area contributed by atoms with Crippen molar-refractivity contribution in [3.8, 4) is 11.6 Å². The van der Waals surface area contributed by atoms with Crippen LogP contribution in [-0.4, -0.2) is 10.9 Å². The third kappa shape index (κ3) is 2.95. The lowest BCUT2D eigenvalue weighted by atomic mass is 10.2. The molecular formula is C12H8FIN2O2. The summed E-state index contributed by atoms with van der Waals surface area (Å²) < 4.78 is 19.4. The van der Waals surface area contributed by atoms with E-state index in [2.05, 4.69) is 27.6 Å². The van der Waals surface area contributed by atoms with E-state index in [0.717, 1.165) is 9.64 Å². The van der Waals surface area contributed by atoms with E-state index in [9.17, 15) is 9.18 Å². The van der Waals surface area contributed by atoms with E-state index in [1.54, 1.807) is 18.2 Å². The lowest BCUT2D eigenvalue weighted by molar-refractivity contribution is 0.0997. The number of benzene rings is 1. The number of pyridine rings is 1. The van der Waals surface area contributed by atoms with Crippen LogP contribution in [0.3, 0.4) is 0 Å². The van der Waals surface area contributed by atoms with Crippen LogP contribution in [0.5, 0.6) is 11.6 Å². The number of rotatable bonds is 3. The first-order valence-corrected chi connectivity index (χ1v) is 6.04. The fourth-order valence-electron chi connectivity index (χ4n) is 1.33. The van der Waals surface area contributed by atoms with Gasteiger partial charge in [-0.15, -0.1) is 0 Å². The number of hydrogen-bond acceptors (Lipinski definition) is 3. The first-order valence-electron chi connectivity index (χ1n) is 4.96. The van der Waals surface area contributed by atoms with Gasteiger partial charge in [-0.2, -0.15) is 9.37 Å². The van der Waals surface area contributed by atoms with E-state index >= 15 is 0 Å². The molecule has 1 heterocycles. The van der Waals surface area contributed by atoms with Crippen LogP contribution >= 0.6 is 22.6 Å². The Morgan fingerprint density at radius 3 is 2.78 bits per heavy atom. The lowest BCUT2D eigenvalue weighted by Crippen LogP contribution is -2.13. The van der Waals surface area contributed by atoms with Crippen molar-refractivity contribution in [2.75, 3.05) is 0 Å². The van der Waals surface area contributed by atoms with Crippen LogP contribution < -0.4 is 10.5 Å². The van der Waals surface area contributed by atoms with E-state index in [-0.39, 0.29) is 11.4 Å². The number of halogens is 2. The molecule has 92 valence electrons. The molecule has 1 aromatic carbocycles. The summed E-state index contributed by atoms with van der Waals surface area (Å²) in [7, 11) is 0. The van der Waals surface area contributed by atoms with Gasteiger partial charge >= 0.3 is 0 Å². The molecule has 18 heavy (non-hydrogen) atoms. The largest absolute Gasteiger partial charge is 0.438 e. The number of carbonyl (C=O) groups excluding carboxylic acids is 1. The Labute approximate surface area is 116 Å². The third-order valence-electron chi connectivity index (χ3n) is 2.10. The number of nitrogens with zero attached hydrogens (tertiary/aromatic N) is 1. The molecule has 1 amide bonds. The number of nitrogens with two attached hydrogens (primary N) is 1. The Morgan fingerprint density at radius 1 is 1.33 bits per heavy atom. The third-order valence-corrected chi connectivity index (χ3v) is 2.77. The second kappa shape index (κ2) is 5.30. The predicted octanol–water partition coefficient (Wildman–Crippen LogP) is 2.72. The van der Waals surface area contributed by atoms with Crippen molar-refractivity contribution >= 4 is 28.5 Å². The summed E-state index contributed by atoms with van der Waals surface area (Å²) in [6.45, 7) is 0. The highest BCUT2D eigenvalue weighted by molar-refractivity contribution is 14.1.